The zero-order chi connectivity index (χ0) is 77.6. The first kappa shape index (κ1) is 68.1. The Labute approximate surface area is 670 Å². The van der Waals surface area contributed by atoms with Crippen LogP contribution in [-0.4, -0.2) is 24.7 Å². The monoisotopic (exact) mass is 1470 g/mol. The molecule has 0 radical (unpaired) electrons. The van der Waals surface area contributed by atoms with Crippen LogP contribution in [0.3, 0.4) is 0 Å². The maximum Gasteiger partial charge on any atom is 0.256 e. The SMILES string of the molecule is Cc1cc(C)c(N2c3cc4c(cc3B3c5ccccc5Oc5cc(-c6c(C)cccc6C)cc2c53)B2c3cc5c(cc3N(c3c(C)cc(C)cc3C)c3cc(-c6c(C)cccc6C)cc(c32)N4c2c(C)cc(C)cc2C)N(c2ccccc2)c2cc(-c3c(C)cccc3C)cc3c2B5c2cccc4c5ccccc5n-3c24)c(C)c1. The van der Waals surface area contributed by atoms with Gasteiger partial charge in [0, 0.05) is 73.2 Å². The summed E-state index contributed by atoms with van der Waals surface area (Å²) in [5, 5.41) is 2.53. The fraction of sp³-hybridized carbons (Fsp3) is 0.143. The van der Waals surface area contributed by atoms with Gasteiger partial charge in [-0.3, -0.25) is 0 Å². The van der Waals surface area contributed by atoms with Crippen LogP contribution in [-0.2, 0) is 0 Å². The van der Waals surface area contributed by atoms with Crippen LogP contribution >= 0.6 is 0 Å². The van der Waals surface area contributed by atoms with Crippen molar-refractivity contribution in [2.75, 3.05) is 19.6 Å². The predicted octanol–water partition coefficient (Wildman–Crippen LogP) is 21.5. The summed E-state index contributed by atoms with van der Waals surface area (Å²) in [5.74, 6) is 1.78. The van der Waals surface area contributed by atoms with E-state index in [-0.39, 0.29) is 20.1 Å². The minimum absolute atomic E-state index is 0.177. The molecule has 6 aliphatic heterocycles. The number of hydrogen-bond acceptors (Lipinski definition) is 5. The van der Waals surface area contributed by atoms with Gasteiger partial charge in [-0.05, 0) is 326 Å². The lowest BCUT2D eigenvalue weighted by Crippen LogP contribution is -2.66. The predicted molar refractivity (Wildman–Crippen MR) is 487 cm³/mol. The van der Waals surface area contributed by atoms with Crippen LogP contribution < -0.4 is 73.5 Å². The minimum Gasteiger partial charge on any atom is -0.458 e. The Morgan fingerprint density at radius 3 is 1.07 bits per heavy atom. The number of para-hydroxylation sites is 4. The van der Waals surface area contributed by atoms with Gasteiger partial charge in [0.05, 0.1) is 22.6 Å². The van der Waals surface area contributed by atoms with Crippen LogP contribution in [0, 0.1) is 104 Å². The average Bonchev–Trinajstić information content (AvgIpc) is 1.09. The van der Waals surface area contributed by atoms with E-state index in [1.54, 1.807) is 0 Å². The third kappa shape index (κ3) is 9.53. The summed E-state index contributed by atoms with van der Waals surface area (Å²) in [6.07, 6.45) is 0. The summed E-state index contributed by atoms with van der Waals surface area (Å²) in [6, 6.07) is 97.2. The average molecular weight is 1470 g/mol. The van der Waals surface area contributed by atoms with Gasteiger partial charge in [-0.25, -0.2) is 0 Å². The molecule has 0 aliphatic carbocycles. The Morgan fingerprint density at radius 2 is 0.588 bits per heavy atom. The lowest BCUT2D eigenvalue weighted by Gasteiger charge is -2.48. The molecule has 0 bridgehead atoms. The summed E-state index contributed by atoms with van der Waals surface area (Å²) in [4.78, 5) is 10.8. The van der Waals surface area contributed by atoms with Crippen LogP contribution in [0.1, 0.15) is 83.5 Å². The molecule has 114 heavy (non-hydrogen) atoms. The van der Waals surface area contributed by atoms with E-state index in [1.165, 1.54) is 228 Å². The molecule has 16 aromatic rings. The lowest BCUT2D eigenvalue weighted by atomic mass is 9.29. The zero-order valence-corrected chi connectivity index (χ0v) is 67.5. The number of rotatable bonds is 7. The molecule has 6 nitrogen and oxygen atoms in total. The van der Waals surface area contributed by atoms with Crippen molar-refractivity contribution in [3.05, 3.63) is 332 Å². The van der Waals surface area contributed by atoms with Gasteiger partial charge in [0.15, 0.2) is 0 Å². The number of fused-ring (bicyclic) bond motifs is 15. The molecule has 15 aromatic carbocycles. The van der Waals surface area contributed by atoms with Gasteiger partial charge in [-0.2, -0.15) is 0 Å². The molecule has 9 heteroatoms. The van der Waals surface area contributed by atoms with Gasteiger partial charge in [0.1, 0.15) is 11.5 Å². The minimum atomic E-state index is -0.311. The molecule has 22 rings (SSSR count). The topological polar surface area (TPSA) is 27.1 Å². The fourth-order valence-electron chi connectivity index (χ4n) is 22.5. The quantitative estimate of drug-likeness (QED) is 0.148. The fourth-order valence-corrected chi connectivity index (χ4v) is 22.5. The van der Waals surface area contributed by atoms with Crippen molar-refractivity contribution < 1.29 is 4.74 Å². The maximum atomic E-state index is 7.48. The summed E-state index contributed by atoms with van der Waals surface area (Å²) in [5.41, 5.74) is 54.9. The van der Waals surface area contributed by atoms with Gasteiger partial charge in [0.2, 0.25) is 0 Å². The highest BCUT2D eigenvalue weighted by atomic mass is 16.5. The van der Waals surface area contributed by atoms with Gasteiger partial charge < -0.3 is 28.9 Å². The second kappa shape index (κ2) is 24.6. The Balaban J connectivity index is 0.927. The molecule has 0 amide bonds. The molecule has 1 aromatic heterocycles. The first-order valence-corrected chi connectivity index (χ1v) is 40.6. The highest BCUT2D eigenvalue weighted by Gasteiger charge is 2.52. The van der Waals surface area contributed by atoms with Gasteiger partial charge in [-0.1, -0.05) is 193 Å². The van der Waals surface area contributed by atoms with Crippen molar-refractivity contribution >= 4 is 159 Å². The highest BCUT2D eigenvalue weighted by Crippen LogP contribution is 2.55. The molecular formula is C105H86B3N5O. The second-order valence-corrected chi connectivity index (χ2v) is 34.0. The summed E-state index contributed by atoms with van der Waals surface area (Å²) in [6.45, 7) is 33.8. The van der Waals surface area contributed by atoms with Crippen molar-refractivity contribution in [3.63, 3.8) is 0 Å². The molecule has 0 spiro atoms. The Kier molecular flexibility index (Phi) is 14.7. The largest absolute Gasteiger partial charge is 0.458 e. The van der Waals surface area contributed by atoms with E-state index in [1.807, 2.05) is 0 Å². The molecule has 0 unspecified atom stereocenters. The van der Waals surface area contributed by atoms with Crippen molar-refractivity contribution in [1.29, 1.82) is 0 Å². The molecule has 546 valence electrons. The molecule has 6 aliphatic rings. The third-order valence-electron chi connectivity index (χ3n) is 26.4. The number of anilines is 12. The number of benzene rings is 15. The molecule has 0 saturated heterocycles. The van der Waals surface area contributed by atoms with Crippen molar-refractivity contribution in [2.45, 2.75) is 104 Å². The number of nitrogens with zero attached hydrogens (tertiary/aromatic N) is 5. The maximum absolute atomic E-state index is 7.48. The molecule has 0 saturated carbocycles. The molecule has 0 N–H and O–H groups in total. The van der Waals surface area contributed by atoms with Gasteiger partial charge in [0.25, 0.3) is 20.1 Å². The van der Waals surface area contributed by atoms with Crippen LogP contribution in [0.15, 0.2) is 249 Å². The second-order valence-electron chi connectivity index (χ2n) is 34.0. The van der Waals surface area contributed by atoms with E-state index in [0.717, 1.165) is 45.3 Å². The first-order valence-electron chi connectivity index (χ1n) is 40.6. The van der Waals surface area contributed by atoms with Gasteiger partial charge in [-0.15, -0.1) is 0 Å². The molecular weight excluding hydrogens is 1380 g/mol. The Morgan fingerprint density at radius 1 is 0.237 bits per heavy atom. The normalized spacial score (nSPS) is 13.5. The smallest absolute Gasteiger partial charge is 0.256 e. The van der Waals surface area contributed by atoms with E-state index in [0.29, 0.717) is 0 Å². The van der Waals surface area contributed by atoms with Crippen molar-refractivity contribution in [2.24, 2.45) is 0 Å². The Bertz CT molecular complexity index is 6890. The van der Waals surface area contributed by atoms with Gasteiger partial charge >= 0.3 is 0 Å². The third-order valence-corrected chi connectivity index (χ3v) is 26.4. The van der Waals surface area contributed by atoms with E-state index in [2.05, 4.69) is 377 Å². The van der Waals surface area contributed by atoms with Crippen molar-refractivity contribution in [1.82, 2.24) is 4.57 Å². The standard InChI is InChI=1S/C105H86B3N5O/c1-57-41-66(10)102(67(11)42-57)111-86-55-85-80(107-79-38-26-36-77-76-35-19-21-39-84(76)110(105(77)79)90-48-72(96-60(4)27-23-28-61(96)5)47-89(99(90)107)109(85)75-33-17-16-18-34-75)53-82(86)108-83-54-81-87(56-88(83)112(103-68(12)43-58(2)44-69(103)13)92-50-73(49-91(111)100(92)108)97-62(6)29-24-30-63(97)7)113(104-70(14)45-59(3)46-71(104)15)93-51-74(98-64(8)31-25-32-65(98)9)52-95-101(93)106(81)78-37-20-22-40-94(78)114-95/h16-56H,1-15H3. The van der Waals surface area contributed by atoms with Crippen LogP contribution in [0.4, 0.5) is 68.2 Å². The van der Waals surface area contributed by atoms with E-state index in [4.69, 9.17) is 4.74 Å². The van der Waals surface area contributed by atoms with E-state index >= 15 is 0 Å². The Hall–Kier alpha value is -12.7. The molecule has 0 fully saturated rings. The van der Waals surface area contributed by atoms with E-state index in [9.17, 15) is 0 Å². The number of aromatic nitrogens is 1. The first-order chi connectivity index (χ1) is 55.3. The lowest BCUT2D eigenvalue weighted by molar-refractivity contribution is 0.487. The van der Waals surface area contributed by atoms with Crippen LogP contribution in [0.25, 0.3) is 60.9 Å². The molecule has 0 atom stereocenters. The summed E-state index contributed by atoms with van der Waals surface area (Å²) < 4.78 is 10.1. The van der Waals surface area contributed by atoms with Crippen LogP contribution in [0.2, 0.25) is 0 Å². The summed E-state index contributed by atoms with van der Waals surface area (Å²) in [7, 11) is 0. The van der Waals surface area contributed by atoms with Crippen molar-refractivity contribution in [3.8, 4) is 50.6 Å². The zero-order valence-electron chi connectivity index (χ0n) is 67.5. The summed E-state index contributed by atoms with van der Waals surface area (Å²) >= 11 is 0. The highest BCUT2D eigenvalue weighted by molar-refractivity contribution is 7.04. The number of hydrogen-bond donors (Lipinski definition) is 0. The van der Waals surface area contributed by atoms with Crippen LogP contribution in [0.5, 0.6) is 11.5 Å². The number of aryl methyl sites for hydroxylation is 15. The molecule has 7 heterocycles. The van der Waals surface area contributed by atoms with E-state index < -0.39 is 0 Å². The number of ether oxygens (including phenoxy) is 1.